The van der Waals surface area contributed by atoms with Crippen LogP contribution >= 0.6 is 0 Å². The van der Waals surface area contributed by atoms with Crippen LogP contribution in [0.15, 0.2) is 30.3 Å². The predicted molar refractivity (Wildman–Crippen MR) is 175 cm³/mol. The van der Waals surface area contributed by atoms with Gasteiger partial charge in [0.25, 0.3) is 0 Å². The Hall–Kier alpha value is -1.54. The van der Waals surface area contributed by atoms with E-state index in [1.807, 2.05) is 30.3 Å². The summed E-state index contributed by atoms with van der Waals surface area (Å²) < 4.78 is 41.3. The zero-order chi connectivity index (χ0) is 37.0. The number of benzene rings is 1. The first-order chi connectivity index (χ1) is 24.4. The average molecular weight is 734 g/mol. The Labute approximate surface area is 295 Å². The molecule has 19 heteroatoms. The van der Waals surface area contributed by atoms with Crippen molar-refractivity contribution < 1.29 is 68.9 Å². The van der Waals surface area contributed by atoms with Gasteiger partial charge in [-0.15, -0.1) is 0 Å². The predicted octanol–water partition coefficient (Wildman–Crippen LogP) is -6.20. The van der Waals surface area contributed by atoms with Gasteiger partial charge in [0, 0.05) is 25.2 Å². The molecule has 1 aromatic rings. The second-order valence-electron chi connectivity index (χ2n) is 13.6. The van der Waals surface area contributed by atoms with Crippen LogP contribution in [0.25, 0.3) is 0 Å². The Morgan fingerprint density at radius 3 is 1.82 bits per heavy atom. The third kappa shape index (κ3) is 9.06. The molecule has 3 saturated heterocycles. The van der Waals surface area contributed by atoms with Gasteiger partial charge >= 0.3 is 0 Å². The molecular weight excluding hydrogens is 678 g/mol. The van der Waals surface area contributed by atoms with Crippen LogP contribution < -0.4 is 28.7 Å². The van der Waals surface area contributed by atoms with Crippen molar-refractivity contribution in [2.24, 2.45) is 28.7 Å². The van der Waals surface area contributed by atoms with Gasteiger partial charge in [-0.3, -0.25) is 0 Å². The molecule has 0 amide bonds. The van der Waals surface area contributed by atoms with Crippen molar-refractivity contribution in [3.63, 3.8) is 0 Å². The highest BCUT2D eigenvalue weighted by Gasteiger charge is 2.54. The van der Waals surface area contributed by atoms with Crippen molar-refractivity contribution in [2.75, 3.05) is 26.4 Å². The van der Waals surface area contributed by atoms with Gasteiger partial charge in [0.2, 0.25) is 0 Å². The lowest BCUT2D eigenvalue weighted by Crippen LogP contribution is -2.68. The molecule has 19 atom stereocenters. The van der Waals surface area contributed by atoms with Gasteiger partial charge in [-0.05, 0) is 24.8 Å². The molecular formula is C32H55N5O14. The third-order valence-corrected chi connectivity index (χ3v) is 10.1. The molecule has 3 aliphatic heterocycles. The topological polar surface area (TPSA) is 336 Å². The first-order valence-corrected chi connectivity index (χ1v) is 17.3. The van der Waals surface area contributed by atoms with Crippen molar-refractivity contribution in [3.8, 4) is 0 Å². The summed E-state index contributed by atoms with van der Waals surface area (Å²) >= 11 is 0. The molecule has 19 nitrogen and oxygen atoms in total. The first kappa shape index (κ1) is 40.6. The quantitative estimate of drug-likeness (QED) is 0.0791. The average Bonchev–Trinajstić information content (AvgIpc) is 3.42. The third-order valence-electron chi connectivity index (χ3n) is 10.1. The number of hydrogen-bond donors (Lipinski definition) is 12. The standard InChI is InChI=1S/C32H55N5O14/c33-10-16-22(41)23(42)19(36)30(46-16)50-28-18(12-39)48-32(25(28)44)51-29-21(40)14(34)9-15(35)26(29)49-31-20(37)24(43)27(17(11-38)47-31)45-8-4-7-13-5-2-1-3-6-13/h1-3,5-6,14-32,38-44H,4,7-12,33-37H2/t14-,15+,16+,17+,18+,19-,20+,21+,22-,23-,24+,25+,26-,27+,28+,29-,30-,31+,32-/m0/s1. The summed E-state index contributed by atoms with van der Waals surface area (Å²) in [4.78, 5) is 0. The van der Waals surface area contributed by atoms with Crippen LogP contribution in [0.2, 0.25) is 0 Å². The molecule has 17 N–H and O–H groups in total. The lowest BCUT2D eigenvalue weighted by Gasteiger charge is -2.47. The van der Waals surface area contributed by atoms with E-state index in [4.69, 9.17) is 61.8 Å². The van der Waals surface area contributed by atoms with Crippen LogP contribution in [0.1, 0.15) is 18.4 Å². The molecule has 0 aromatic heterocycles. The number of nitrogens with two attached hydrogens (primary N) is 5. The van der Waals surface area contributed by atoms with E-state index in [-0.39, 0.29) is 19.6 Å². The highest BCUT2D eigenvalue weighted by molar-refractivity contribution is 5.14. The lowest BCUT2D eigenvalue weighted by atomic mass is 9.84. The van der Waals surface area contributed by atoms with E-state index < -0.39 is 129 Å². The van der Waals surface area contributed by atoms with Crippen LogP contribution in [0, 0.1) is 0 Å². The highest BCUT2D eigenvalue weighted by atomic mass is 16.8. The summed E-state index contributed by atoms with van der Waals surface area (Å²) in [6, 6.07) is 5.63. The van der Waals surface area contributed by atoms with Crippen molar-refractivity contribution in [3.05, 3.63) is 35.9 Å². The zero-order valence-corrected chi connectivity index (χ0v) is 28.2. The summed E-state index contributed by atoms with van der Waals surface area (Å²) in [7, 11) is 0. The van der Waals surface area contributed by atoms with Gasteiger partial charge in [-0.25, -0.2) is 0 Å². The van der Waals surface area contributed by atoms with Gasteiger partial charge in [0.15, 0.2) is 18.9 Å². The minimum absolute atomic E-state index is 0.0826. The van der Waals surface area contributed by atoms with Gasteiger partial charge in [0.1, 0.15) is 67.1 Å². The summed E-state index contributed by atoms with van der Waals surface area (Å²) in [5.74, 6) is 0. The molecule has 4 aliphatic rings. The second-order valence-corrected chi connectivity index (χ2v) is 13.6. The number of ether oxygens (including phenoxy) is 7. The Kier molecular flexibility index (Phi) is 14.5. The molecule has 5 rings (SSSR count). The fourth-order valence-corrected chi connectivity index (χ4v) is 7.03. The fraction of sp³-hybridized carbons (Fsp3) is 0.812. The molecule has 51 heavy (non-hydrogen) atoms. The molecule has 0 spiro atoms. The molecule has 1 aromatic carbocycles. The van der Waals surface area contributed by atoms with Crippen molar-refractivity contribution in [2.45, 2.75) is 136 Å². The minimum Gasteiger partial charge on any atom is -0.394 e. The maximum atomic E-state index is 11.3. The number of aliphatic hydroxyl groups excluding tert-OH is 7. The molecule has 3 heterocycles. The Balaban J connectivity index is 1.24. The molecule has 4 fully saturated rings. The molecule has 0 unspecified atom stereocenters. The number of aliphatic hydroxyl groups is 7. The zero-order valence-electron chi connectivity index (χ0n) is 28.2. The van der Waals surface area contributed by atoms with Crippen LogP contribution in [0.3, 0.4) is 0 Å². The van der Waals surface area contributed by atoms with Crippen LogP contribution in [0.5, 0.6) is 0 Å². The second kappa shape index (κ2) is 18.2. The first-order valence-electron chi connectivity index (χ1n) is 17.3. The van der Waals surface area contributed by atoms with E-state index in [1.165, 1.54) is 0 Å². The Morgan fingerprint density at radius 2 is 1.18 bits per heavy atom. The highest BCUT2D eigenvalue weighted by Crippen LogP contribution is 2.34. The number of hydrogen-bond acceptors (Lipinski definition) is 19. The van der Waals surface area contributed by atoms with E-state index in [9.17, 15) is 35.7 Å². The summed E-state index contributed by atoms with van der Waals surface area (Å²) in [6.07, 6.45) is -18.0. The van der Waals surface area contributed by atoms with Crippen molar-refractivity contribution >= 4 is 0 Å². The summed E-state index contributed by atoms with van der Waals surface area (Å²) in [5, 5.41) is 74.4. The smallest absolute Gasteiger partial charge is 0.187 e. The van der Waals surface area contributed by atoms with E-state index in [0.717, 1.165) is 12.0 Å². The van der Waals surface area contributed by atoms with Gasteiger partial charge in [-0.1, -0.05) is 30.3 Å². The fourth-order valence-electron chi connectivity index (χ4n) is 7.03. The Bertz CT molecular complexity index is 1200. The SMILES string of the molecule is NC[C@H]1O[C@@H](O[C@H]2[C@@H](O)[C@H](O[C@H]3[C@H](O)[C@@H](N)C[C@@H](N)[C@@H]3O[C@H]3O[C@H](CO)[C@@H](OCCCc4ccccc4)[C@H](O)[C@H]3N)O[C@@H]2CO)[C@@H](N)[C@H](O)[C@H]1O. The maximum Gasteiger partial charge on any atom is 0.187 e. The molecule has 1 aliphatic carbocycles. The van der Waals surface area contributed by atoms with E-state index in [2.05, 4.69) is 0 Å². The van der Waals surface area contributed by atoms with E-state index in [0.29, 0.717) is 6.42 Å². The molecule has 292 valence electrons. The largest absolute Gasteiger partial charge is 0.394 e. The van der Waals surface area contributed by atoms with E-state index >= 15 is 0 Å². The van der Waals surface area contributed by atoms with Crippen LogP contribution in [0.4, 0.5) is 0 Å². The van der Waals surface area contributed by atoms with E-state index in [1.54, 1.807) is 0 Å². The van der Waals surface area contributed by atoms with Crippen LogP contribution in [-0.4, -0.2) is 178 Å². The normalized spacial score (nSPS) is 46.3. The van der Waals surface area contributed by atoms with Crippen molar-refractivity contribution in [1.29, 1.82) is 0 Å². The monoisotopic (exact) mass is 733 g/mol. The number of rotatable bonds is 14. The summed E-state index contributed by atoms with van der Waals surface area (Å²) in [5.41, 5.74) is 31.8. The number of aryl methyl sites for hydroxylation is 1. The van der Waals surface area contributed by atoms with Gasteiger partial charge in [0.05, 0.1) is 31.4 Å². The van der Waals surface area contributed by atoms with Crippen LogP contribution in [-0.2, 0) is 39.6 Å². The van der Waals surface area contributed by atoms with Gasteiger partial charge in [-0.2, -0.15) is 0 Å². The Morgan fingerprint density at radius 1 is 0.608 bits per heavy atom. The maximum absolute atomic E-state index is 11.3. The lowest BCUT2D eigenvalue weighted by molar-refractivity contribution is -0.314. The van der Waals surface area contributed by atoms with Gasteiger partial charge < -0.3 is 97.6 Å². The summed E-state index contributed by atoms with van der Waals surface area (Å²) in [6.45, 7) is -1.08. The minimum atomic E-state index is -1.62. The van der Waals surface area contributed by atoms with Crippen molar-refractivity contribution in [1.82, 2.24) is 0 Å². The molecule has 0 bridgehead atoms. The molecule has 1 saturated carbocycles. The molecule has 0 radical (unpaired) electrons.